The Labute approximate surface area is 194 Å². The maximum atomic E-state index is 13.5. The first kappa shape index (κ1) is 23.1. The molecule has 1 aromatic heterocycles. The van der Waals surface area contributed by atoms with Crippen LogP contribution in [0, 0.1) is 22.9 Å². The first-order valence-electron chi connectivity index (χ1n) is 10.2. The third kappa shape index (κ3) is 4.81. The highest BCUT2D eigenvalue weighted by Gasteiger charge is 2.23. The number of anilines is 1. The number of sulfone groups is 1. The van der Waals surface area contributed by atoms with Crippen LogP contribution in [0.5, 0.6) is 0 Å². The molecule has 0 saturated carbocycles. The predicted octanol–water partition coefficient (Wildman–Crippen LogP) is 4.61. The topological polar surface area (TPSA) is 111 Å². The molecule has 10 heteroatoms. The second-order valence-electron chi connectivity index (χ2n) is 7.83. The Hall–Kier alpha value is -4.05. The van der Waals surface area contributed by atoms with E-state index in [-0.39, 0.29) is 22.9 Å². The van der Waals surface area contributed by atoms with Crippen molar-refractivity contribution in [3.63, 3.8) is 0 Å². The number of nitro benzene ring substituents is 1. The minimum absolute atomic E-state index is 0.0478. The van der Waals surface area contributed by atoms with Gasteiger partial charge in [0.25, 0.3) is 5.69 Å². The van der Waals surface area contributed by atoms with E-state index in [1.807, 2.05) is 0 Å². The van der Waals surface area contributed by atoms with Gasteiger partial charge >= 0.3 is 0 Å². The van der Waals surface area contributed by atoms with Gasteiger partial charge in [-0.1, -0.05) is 30.3 Å². The molecule has 34 heavy (non-hydrogen) atoms. The van der Waals surface area contributed by atoms with E-state index in [1.165, 1.54) is 47.2 Å². The predicted molar refractivity (Wildman–Crippen MR) is 126 cm³/mol. The van der Waals surface area contributed by atoms with Crippen LogP contribution in [-0.4, -0.2) is 23.8 Å². The quantitative estimate of drug-likeness (QED) is 0.306. The number of halogens is 1. The van der Waals surface area contributed by atoms with Crippen molar-refractivity contribution in [2.75, 3.05) is 5.32 Å². The summed E-state index contributed by atoms with van der Waals surface area (Å²) in [5.74, 6) is -1.33. The van der Waals surface area contributed by atoms with Gasteiger partial charge in [0.05, 0.1) is 15.6 Å². The Morgan fingerprint density at radius 1 is 1.09 bits per heavy atom. The fourth-order valence-electron chi connectivity index (χ4n) is 3.76. The maximum absolute atomic E-state index is 13.5. The van der Waals surface area contributed by atoms with E-state index >= 15 is 0 Å². The molecule has 0 spiro atoms. The minimum Gasteiger partial charge on any atom is -0.337 e. The standard InChI is InChI=1S/C24H20FN3O5S/c1-16-11-19(28(30)31)9-10-21(16)26-24(29)14-27-13-23(20-7-2-3-8-22(20)27)34(32,33)15-17-5-4-6-18(25)12-17/h2-13H,14-15H2,1H3,(H,26,29). The van der Waals surface area contributed by atoms with Crippen molar-refractivity contribution >= 4 is 38.0 Å². The molecule has 1 amide bonds. The lowest BCUT2D eigenvalue weighted by Gasteiger charge is -2.09. The molecule has 0 aliphatic heterocycles. The average Bonchev–Trinajstić information content (AvgIpc) is 3.14. The number of amides is 1. The van der Waals surface area contributed by atoms with Crippen LogP contribution >= 0.6 is 0 Å². The Kier molecular flexibility index (Phi) is 6.16. The van der Waals surface area contributed by atoms with E-state index in [1.54, 1.807) is 37.3 Å². The Bertz CT molecular complexity index is 1530. The molecule has 174 valence electrons. The second-order valence-corrected chi connectivity index (χ2v) is 9.79. The molecule has 0 aliphatic carbocycles. The molecule has 0 saturated heterocycles. The van der Waals surface area contributed by atoms with Crippen LogP contribution in [0.1, 0.15) is 11.1 Å². The van der Waals surface area contributed by atoms with E-state index in [4.69, 9.17) is 0 Å². The largest absolute Gasteiger partial charge is 0.337 e. The lowest BCUT2D eigenvalue weighted by molar-refractivity contribution is -0.384. The van der Waals surface area contributed by atoms with Gasteiger partial charge in [-0.15, -0.1) is 0 Å². The van der Waals surface area contributed by atoms with Gasteiger partial charge in [0.2, 0.25) is 5.91 Å². The summed E-state index contributed by atoms with van der Waals surface area (Å²) < 4.78 is 41.4. The molecule has 8 nitrogen and oxygen atoms in total. The van der Waals surface area contributed by atoms with Gasteiger partial charge in [-0.05, 0) is 42.3 Å². The number of rotatable bonds is 7. The number of carbonyl (C=O) groups excluding carboxylic acids is 1. The van der Waals surface area contributed by atoms with Crippen molar-refractivity contribution in [3.8, 4) is 0 Å². The average molecular weight is 482 g/mol. The zero-order valence-corrected chi connectivity index (χ0v) is 18.9. The number of fused-ring (bicyclic) bond motifs is 1. The summed E-state index contributed by atoms with van der Waals surface area (Å²) in [5, 5.41) is 14.1. The number of benzene rings is 3. The highest BCUT2D eigenvalue weighted by Crippen LogP contribution is 2.28. The van der Waals surface area contributed by atoms with E-state index in [9.17, 15) is 27.7 Å². The Morgan fingerprint density at radius 2 is 1.85 bits per heavy atom. The van der Waals surface area contributed by atoms with Gasteiger partial charge in [-0.3, -0.25) is 14.9 Å². The molecule has 1 N–H and O–H groups in total. The number of hydrogen-bond acceptors (Lipinski definition) is 5. The van der Waals surface area contributed by atoms with Gasteiger partial charge in [0, 0.05) is 34.9 Å². The summed E-state index contributed by atoms with van der Waals surface area (Å²) in [7, 11) is -3.83. The van der Waals surface area contributed by atoms with Crippen molar-refractivity contribution in [2.24, 2.45) is 0 Å². The lowest BCUT2D eigenvalue weighted by atomic mass is 10.2. The minimum atomic E-state index is -3.83. The fourth-order valence-corrected chi connectivity index (χ4v) is 5.33. The lowest BCUT2D eigenvalue weighted by Crippen LogP contribution is -2.19. The fraction of sp³-hybridized carbons (Fsp3) is 0.125. The SMILES string of the molecule is Cc1cc([N+](=O)[O-])ccc1NC(=O)Cn1cc(S(=O)(=O)Cc2cccc(F)c2)c2ccccc21. The summed E-state index contributed by atoms with van der Waals surface area (Å²) in [6.45, 7) is 1.47. The van der Waals surface area contributed by atoms with Crippen molar-refractivity contribution < 1.29 is 22.5 Å². The third-order valence-electron chi connectivity index (χ3n) is 5.34. The van der Waals surface area contributed by atoms with Crippen LogP contribution in [0.4, 0.5) is 15.8 Å². The molecule has 0 aliphatic rings. The number of hydrogen-bond donors (Lipinski definition) is 1. The summed E-state index contributed by atoms with van der Waals surface area (Å²) in [6, 6.07) is 16.3. The molecule has 0 unspecified atom stereocenters. The number of para-hydroxylation sites is 1. The first-order chi connectivity index (χ1) is 16.1. The number of nitrogens with one attached hydrogen (secondary N) is 1. The molecule has 0 atom stereocenters. The second kappa shape index (κ2) is 9.06. The number of nitro groups is 1. The number of aromatic nitrogens is 1. The molecule has 4 rings (SSSR count). The van der Waals surface area contributed by atoms with Crippen LogP contribution in [0.2, 0.25) is 0 Å². The summed E-state index contributed by atoms with van der Waals surface area (Å²) >= 11 is 0. The van der Waals surface area contributed by atoms with Crippen LogP contribution in [0.25, 0.3) is 10.9 Å². The van der Waals surface area contributed by atoms with Crippen LogP contribution in [0.15, 0.2) is 77.8 Å². The van der Waals surface area contributed by atoms with Gasteiger partial charge in [-0.25, -0.2) is 12.8 Å². The summed E-state index contributed by atoms with van der Waals surface area (Å²) in [6.07, 6.45) is 1.40. The summed E-state index contributed by atoms with van der Waals surface area (Å²) in [5.41, 5.74) is 1.74. The van der Waals surface area contributed by atoms with Crippen molar-refractivity contribution in [2.45, 2.75) is 24.1 Å². The Morgan fingerprint density at radius 3 is 2.56 bits per heavy atom. The molecule has 1 heterocycles. The van der Waals surface area contributed by atoms with Crippen LogP contribution < -0.4 is 5.32 Å². The zero-order valence-electron chi connectivity index (χ0n) is 18.1. The van der Waals surface area contributed by atoms with E-state index < -0.39 is 26.5 Å². The smallest absolute Gasteiger partial charge is 0.269 e. The van der Waals surface area contributed by atoms with E-state index in [2.05, 4.69) is 5.32 Å². The molecule has 0 fully saturated rings. The first-order valence-corrected chi connectivity index (χ1v) is 11.9. The van der Waals surface area contributed by atoms with Crippen LogP contribution in [0.3, 0.4) is 0 Å². The molecule has 0 radical (unpaired) electrons. The monoisotopic (exact) mass is 481 g/mol. The van der Waals surface area contributed by atoms with Gasteiger partial charge in [0.1, 0.15) is 12.4 Å². The molecule has 4 aromatic rings. The Balaban J connectivity index is 1.62. The van der Waals surface area contributed by atoms with Crippen molar-refractivity contribution in [1.82, 2.24) is 4.57 Å². The highest BCUT2D eigenvalue weighted by atomic mass is 32.2. The van der Waals surface area contributed by atoms with Gasteiger partial charge < -0.3 is 9.88 Å². The molecule has 0 bridgehead atoms. The van der Waals surface area contributed by atoms with Gasteiger partial charge in [-0.2, -0.15) is 0 Å². The number of non-ortho nitro benzene ring substituents is 1. The van der Waals surface area contributed by atoms with Crippen molar-refractivity contribution in [1.29, 1.82) is 0 Å². The summed E-state index contributed by atoms with van der Waals surface area (Å²) in [4.78, 5) is 23.2. The number of nitrogens with zero attached hydrogens (tertiary/aromatic N) is 2. The third-order valence-corrected chi connectivity index (χ3v) is 7.05. The van der Waals surface area contributed by atoms with Crippen LogP contribution in [-0.2, 0) is 26.9 Å². The van der Waals surface area contributed by atoms with Gasteiger partial charge in [0.15, 0.2) is 9.84 Å². The molecular formula is C24H20FN3O5S. The van der Waals surface area contributed by atoms with E-state index in [0.29, 0.717) is 27.7 Å². The molecular weight excluding hydrogens is 461 g/mol. The maximum Gasteiger partial charge on any atom is 0.269 e. The molecule has 3 aromatic carbocycles. The normalized spacial score (nSPS) is 11.5. The van der Waals surface area contributed by atoms with E-state index in [0.717, 1.165) is 0 Å². The number of aryl methyl sites for hydroxylation is 1. The zero-order chi connectivity index (χ0) is 24.5. The number of carbonyl (C=O) groups is 1. The van der Waals surface area contributed by atoms with Crippen molar-refractivity contribution in [3.05, 3.63) is 100.0 Å². The highest BCUT2D eigenvalue weighted by molar-refractivity contribution is 7.90.